The van der Waals surface area contributed by atoms with Gasteiger partial charge in [-0.3, -0.25) is 20.4 Å². The van der Waals surface area contributed by atoms with E-state index in [4.69, 9.17) is 14.2 Å². The van der Waals surface area contributed by atoms with E-state index >= 15 is 0 Å². The highest BCUT2D eigenvalue weighted by Gasteiger charge is 2.13. The number of nitrogens with zero attached hydrogens (tertiary/aromatic N) is 2. The molecule has 9 nitrogen and oxygen atoms in total. The number of aromatic nitrogens is 1. The Labute approximate surface area is 168 Å². The zero-order valence-electron chi connectivity index (χ0n) is 16.1. The summed E-state index contributed by atoms with van der Waals surface area (Å²) in [6.07, 6.45) is 0. The van der Waals surface area contributed by atoms with Gasteiger partial charge in [-0.1, -0.05) is 31.0 Å². The molecule has 150 valence electrons. The third-order valence-electron chi connectivity index (χ3n) is 3.40. The van der Waals surface area contributed by atoms with Crippen LogP contribution in [0, 0.1) is 0 Å². The molecule has 10 heteroatoms. The van der Waals surface area contributed by atoms with Crippen LogP contribution in [-0.4, -0.2) is 43.9 Å². The van der Waals surface area contributed by atoms with Crippen LogP contribution in [0.4, 0.5) is 5.69 Å². The molecule has 28 heavy (non-hydrogen) atoms. The maximum Gasteiger partial charge on any atom is 0.288 e. The number of methoxy groups -OCH3 is 3. The number of carbonyl (C=O) groups is 1. The number of aliphatic imine (C=N–C) groups is 1. The smallest absolute Gasteiger partial charge is 0.288 e. The number of hydrogen-bond donors (Lipinski definition) is 3. The molecular weight excluding hydrogens is 382 g/mol. The van der Waals surface area contributed by atoms with E-state index in [0.717, 1.165) is 5.75 Å². The second kappa shape index (κ2) is 10.9. The van der Waals surface area contributed by atoms with Gasteiger partial charge in [-0.05, 0) is 18.2 Å². The maximum atomic E-state index is 12.4. The molecule has 3 N–H and O–H groups in total. The lowest BCUT2D eigenvalue weighted by Gasteiger charge is -2.14. The molecule has 1 aromatic carbocycles. The van der Waals surface area contributed by atoms with Crippen molar-refractivity contribution in [1.82, 2.24) is 20.6 Å². The standard InChI is InChI=1S/C18H23N5O4S/c1-5-28-23-18(20-16-13(25-2)9-7-10-14(16)26-3)22-21-17(24)12-8-6-11-15(19-12)27-4/h6-11H,5H2,1-4H3,(H,21,24)(H2,20,22,23). The molecule has 2 aromatic rings. The second-order valence-corrected chi connectivity index (χ2v) is 6.22. The van der Waals surface area contributed by atoms with Gasteiger partial charge in [0.1, 0.15) is 17.2 Å². The van der Waals surface area contributed by atoms with Crippen LogP contribution in [0.2, 0.25) is 0 Å². The van der Waals surface area contributed by atoms with Crippen LogP contribution >= 0.6 is 11.9 Å². The minimum Gasteiger partial charge on any atom is -0.494 e. The van der Waals surface area contributed by atoms with Gasteiger partial charge in [-0.15, -0.1) is 0 Å². The van der Waals surface area contributed by atoms with Crippen LogP contribution in [0.15, 0.2) is 41.4 Å². The van der Waals surface area contributed by atoms with E-state index in [2.05, 4.69) is 25.6 Å². The predicted molar refractivity (Wildman–Crippen MR) is 109 cm³/mol. The van der Waals surface area contributed by atoms with Crippen molar-refractivity contribution in [1.29, 1.82) is 0 Å². The Hall–Kier alpha value is -3.14. The van der Waals surface area contributed by atoms with Crippen LogP contribution in [0.25, 0.3) is 0 Å². The number of hydrogen-bond acceptors (Lipinski definition) is 7. The first-order chi connectivity index (χ1) is 13.6. The molecule has 0 aliphatic heterocycles. The first kappa shape index (κ1) is 21.2. The van der Waals surface area contributed by atoms with Crippen molar-refractivity contribution in [3.63, 3.8) is 0 Å². The number of para-hydroxylation sites is 1. The Morgan fingerprint density at radius 1 is 1.04 bits per heavy atom. The molecule has 0 saturated carbocycles. The average molecular weight is 405 g/mol. The van der Waals surface area contributed by atoms with Gasteiger partial charge in [0.25, 0.3) is 5.91 Å². The minimum atomic E-state index is -0.443. The average Bonchev–Trinajstić information content (AvgIpc) is 2.75. The van der Waals surface area contributed by atoms with Gasteiger partial charge < -0.3 is 14.2 Å². The zero-order valence-corrected chi connectivity index (χ0v) is 16.9. The van der Waals surface area contributed by atoms with Crippen molar-refractivity contribution < 1.29 is 19.0 Å². The molecule has 1 amide bonds. The van der Waals surface area contributed by atoms with Crippen molar-refractivity contribution in [2.75, 3.05) is 27.1 Å². The van der Waals surface area contributed by atoms with Crippen LogP contribution in [0.1, 0.15) is 17.4 Å². The Kier molecular flexibility index (Phi) is 8.22. The molecule has 0 spiro atoms. The van der Waals surface area contributed by atoms with Crippen molar-refractivity contribution in [2.45, 2.75) is 6.92 Å². The van der Waals surface area contributed by atoms with E-state index in [-0.39, 0.29) is 5.69 Å². The van der Waals surface area contributed by atoms with Crippen molar-refractivity contribution in [3.05, 3.63) is 42.1 Å². The summed E-state index contributed by atoms with van der Waals surface area (Å²) in [4.78, 5) is 21.0. The van der Waals surface area contributed by atoms with Crippen molar-refractivity contribution in [2.24, 2.45) is 4.99 Å². The molecule has 0 radical (unpaired) electrons. The molecule has 0 bridgehead atoms. The summed E-state index contributed by atoms with van der Waals surface area (Å²) in [6.45, 7) is 1.98. The van der Waals surface area contributed by atoms with Crippen LogP contribution in [0.3, 0.4) is 0 Å². The third kappa shape index (κ3) is 5.68. The molecule has 1 heterocycles. The predicted octanol–water partition coefficient (Wildman–Crippen LogP) is 2.29. The molecule has 1 aromatic heterocycles. The fourth-order valence-corrected chi connectivity index (χ4v) is 2.48. The van der Waals surface area contributed by atoms with Gasteiger partial charge in [0.2, 0.25) is 11.8 Å². The van der Waals surface area contributed by atoms with Gasteiger partial charge in [-0.25, -0.2) is 9.98 Å². The summed E-state index contributed by atoms with van der Waals surface area (Å²) < 4.78 is 18.8. The maximum absolute atomic E-state index is 12.4. The van der Waals surface area contributed by atoms with Gasteiger partial charge in [0.15, 0.2) is 5.69 Å². The van der Waals surface area contributed by atoms with Gasteiger partial charge >= 0.3 is 0 Å². The van der Waals surface area contributed by atoms with Gasteiger partial charge in [0.05, 0.1) is 21.3 Å². The van der Waals surface area contributed by atoms with E-state index in [1.54, 1.807) is 50.6 Å². The van der Waals surface area contributed by atoms with Crippen LogP contribution in [-0.2, 0) is 0 Å². The highest BCUT2D eigenvalue weighted by molar-refractivity contribution is 7.97. The lowest BCUT2D eigenvalue weighted by molar-refractivity contribution is 0.0937. The third-order valence-corrected chi connectivity index (χ3v) is 4.02. The van der Waals surface area contributed by atoms with E-state index in [1.807, 2.05) is 6.92 Å². The summed E-state index contributed by atoms with van der Waals surface area (Å²) in [5, 5.41) is 0. The molecule has 0 aliphatic carbocycles. The normalized spacial score (nSPS) is 10.8. The quantitative estimate of drug-likeness (QED) is 0.279. The highest BCUT2D eigenvalue weighted by Crippen LogP contribution is 2.36. The molecule has 0 saturated heterocycles. The Bertz CT molecular complexity index is 809. The summed E-state index contributed by atoms with van der Waals surface area (Å²) in [5.41, 5.74) is 6.01. The summed E-state index contributed by atoms with van der Waals surface area (Å²) in [5.74, 6) is 2.05. The SMILES string of the molecule is CCSNC(=Nc1c(OC)cccc1OC)NNC(=O)c1cccc(OC)n1. The molecule has 2 rings (SSSR count). The zero-order chi connectivity index (χ0) is 20.4. The van der Waals surface area contributed by atoms with E-state index in [1.165, 1.54) is 19.1 Å². The molecular formula is C18H23N5O4S. The number of pyridine rings is 1. The summed E-state index contributed by atoms with van der Waals surface area (Å²) >= 11 is 1.40. The lowest BCUT2D eigenvalue weighted by Crippen LogP contribution is -2.46. The van der Waals surface area contributed by atoms with Crippen molar-refractivity contribution >= 4 is 29.5 Å². The number of benzene rings is 1. The van der Waals surface area contributed by atoms with Crippen LogP contribution in [0.5, 0.6) is 17.4 Å². The number of hydrazine groups is 1. The van der Waals surface area contributed by atoms with Gasteiger partial charge in [0, 0.05) is 11.8 Å². The van der Waals surface area contributed by atoms with E-state index in [9.17, 15) is 4.79 Å². The highest BCUT2D eigenvalue weighted by atomic mass is 32.2. The second-order valence-electron chi connectivity index (χ2n) is 5.15. The minimum absolute atomic E-state index is 0.198. The summed E-state index contributed by atoms with van der Waals surface area (Å²) in [6, 6.07) is 10.3. The van der Waals surface area contributed by atoms with Crippen LogP contribution < -0.4 is 29.8 Å². The van der Waals surface area contributed by atoms with Gasteiger partial charge in [-0.2, -0.15) is 0 Å². The number of rotatable bonds is 7. The topological polar surface area (TPSA) is 106 Å². The number of guanidine groups is 1. The number of amides is 1. The Morgan fingerprint density at radius 2 is 1.71 bits per heavy atom. The Morgan fingerprint density at radius 3 is 2.32 bits per heavy atom. The monoisotopic (exact) mass is 405 g/mol. The fourth-order valence-electron chi connectivity index (χ4n) is 2.11. The molecule has 0 aliphatic rings. The first-order valence-electron chi connectivity index (χ1n) is 8.37. The lowest BCUT2D eigenvalue weighted by atomic mass is 10.2. The summed E-state index contributed by atoms with van der Waals surface area (Å²) in [7, 11) is 4.58. The fraction of sp³-hybridized carbons (Fsp3) is 0.278. The number of carbonyl (C=O) groups excluding carboxylic acids is 1. The van der Waals surface area contributed by atoms with E-state index in [0.29, 0.717) is 29.0 Å². The van der Waals surface area contributed by atoms with E-state index < -0.39 is 5.91 Å². The number of ether oxygens (including phenoxy) is 3. The first-order valence-corrected chi connectivity index (χ1v) is 9.36. The van der Waals surface area contributed by atoms with Crippen molar-refractivity contribution in [3.8, 4) is 17.4 Å². The Balaban J connectivity index is 2.22. The largest absolute Gasteiger partial charge is 0.494 e. The number of nitrogens with one attached hydrogen (secondary N) is 3. The molecule has 0 unspecified atom stereocenters. The molecule has 0 atom stereocenters. The molecule has 0 fully saturated rings.